The number of benzene rings is 1. The molecule has 4 heteroatoms. The van der Waals surface area contributed by atoms with Gasteiger partial charge in [-0.3, -0.25) is 4.79 Å². The summed E-state index contributed by atoms with van der Waals surface area (Å²) < 4.78 is 5.81. The molecular weight excluding hydrogens is 250 g/mol. The molecule has 2 atom stereocenters. The minimum Gasteiger partial charge on any atom is -0.371 e. The molecular formula is C14H16ClNO2. The molecule has 96 valence electrons. The Bertz CT molecular complexity index is 477. The van der Waals surface area contributed by atoms with Crippen LogP contribution in [0.15, 0.2) is 18.2 Å². The lowest BCUT2D eigenvalue weighted by Crippen LogP contribution is -2.42. The topological polar surface area (TPSA) is 29.5 Å². The molecule has 1 aromatic rings. The van der Waals surface area contributed by atoms with Crippen molar-refractivity contribution in [3.8, 4) is 0 Å². The van der Waals surface area contributed by atoms with Crippen molar-refractivity contribution >= 4 is 23.1 Å². The number of ether oxygens (including phenoxy) is 1. The first kappa shape index (κ1) is 12.0. The summed E-state index contributed by atoms with van der Waals surface area (Å²) in [4.78, 5) is 13.7. The Hall–Kier alpha value is -1.06. The standard InChI is InChI=1S/C14H16ClNO2/c1-9(17)13-5-2-10(6-14(13)15)16-7-11-3-4-12(8-16)18-11/h2,5-6,11-12H,3-4,7-8H2,1H3. The Labute approximate surface area is 112 Å². The van der Waals surface area contributed by atoms with Crippen molar-refractivity contribution in [2.24, 2.45) is 0 Å². The Balaban J connectivity index is 1.84. The SMILES string of the molecule is CC(=O)c1ccc(N2CC3CCC(C2)O3)cc1Cl. The van der Waals surface area contributed by atoms with Gasteiger partial charge < -0.3 is 9.64 Å². The number of hydrogen-bond donors (Lipinski definition) is 0. The minimum absolute atomic E-state index is 0.00796. The number of fused-ring (bicyclic) bond motifs is 2. The van der Waals surface area contributed by atoms with Crippen LogP contribution in [0.5, 0.6) is 0 Å². The highest BCUT2D eigenvalue weighted by Crippen LogP contribution is 2.31. The summed E-state index contributed by atoms with van der Waals surface area (Å²) in [5.74, 6) is 0.00796. The van der Waals surface area contributed by atoms with Crippen LogP contribution in [0.2, 0.25) is 5.02 Å². The molecule has 0 aromatic heterocycles. The molecule has 1 aromatic carbocycles. The third kappa shape index (κ3) is 2.13. The number of nitrogens with zero attached hydrogens (tertiary/aromatic N) is 1. The molecule has 0 N–H and O–H groups in total. The average Bonchev–Trinajstić information content (AvgIpc) is 2.67. The van der Waals surface area contributed by atoms with Gasteiger partial charge in [-0.15, -0.1) is 0 Å². The maximum absolute atomic E-state index is 11.3. The van der Waals surface area contributed by atoms with E-state index in [9.17, 15) is 4.79 Å². The van der Waals surface area contributed by atoms with Crippen molar-refractivity contribution in [3.05, 3.63) is 28.8 Å². The van der Waals surface area contributed by atoms with E-state index < -0.39 is 0 Å². The lowest BCUT2D eigenvalue weighted by molar-refractivity contribution is 0.0305. The average molecular weight is 266 g/mol. The molecule has 0 amide bonds. The number of morpholine rings is 1. The summed E-state index contributed by atoms with van der Waals surface area (Å²) in [7, 11) is 0. The number of halogens is 1. The van der Waals surface area contributed by atoms with E-state index in [1.807, 2.05) is 18.2 Å². The predicted octanol–water partition coefficient (Wildman–Crippen LogP) is 2.91. The summed E-state index contributed by atoms with van der Waals surface area (Å²) in [5, 5.41) is 0.541. The van der Waals surface area contributed by atoms with Crippen LogP contribution in [0.1, 0.15) is 30.1 Å². The zero-order chi connectivity index (χ0) is 12.7. The fourth-order valence-electron chi connectivity index (χ4n) is 2.81. The first-order valence-corrected chi connectivity index (χ1v) is 6.72. The van der Waals surface area contributed by atoms with E-state index in [-0.39, 0.29) is 5.78 Å². The molecule has 0 saturated carbocycles. The highest BCUT2D eigenvalue weighted by Gasteiger charge is 2.33. The highest BCUT2D eigenvalue weighted by molar-refractivity contribution is 6.34. The second-order valence-corrected chi connectivity index (χ2v) is 5.49. The molecule has 2 fully saturated rings. The molecule has 18 heavy (non-hydrogen) atoms. The Morgan fingerprint density at radius 2 is 2.00 bits per heavy atom. The van der Waals surface area contributed by atoms with Crippen LogP contribution in [-0.4, -0.2) is 31.1 Å². The van der Waals surface area contributed by atoms with E-state index >= 15 is 0 Å². The summed E-state index contributed by atoms with van der Waals surface area (Å²) >= 11 is 6.15. The van der Waals surface area contributed by atoms with Crippen molar-refractivity contribution in [1.82, 2.24) is 0 Å². The van der Waals surface area contributed by atoms with Crippen LogP contribution < -0.4 is 4.90 Å². The number of carbonyl (C=O) groups is 1. The molecule has 2 bridgehead atoms. The molecule has 3 nitrogen and oxygen atoms in total. The summed E-state index contributed by atoms with van der Waals surface area (Å²) in [6, 6.07) is 5.69. The Morgan fingerprint density at radius 1 is 1.33 bits per heavy atom. The van der Waals surface area contributed by atoms with E-state index in [2.05, 4.69) is 4.90 Å². The van der Waals surface area contributed by atoms with E-state index in [1.54, 1.807) is 0 Å². The van der Waals surface area contributed by atoms with Crippen LogP contribution >= 0.6 is 11.6 Å². The van der Waals surface area contributed by atoms with Gasteiger partial charge in [0.05, 0.1) is 17.2 Å². The van der Waals surface area contributed by atoms with Crippen molar-refractivity contribution in [1.29, 1.82) is 0 Å². The largest absolute Gasteiger partial charge is 0.371 e. The van der Waals surface area contributed by atoms with Crippen LogP contribution in [0.3, 0.4) is 0 Å². The number of carbonyl (C=O) groups excluding carboxylic acids is 1. The van der Waals surface area contributed by atoms with E-state index in [4.69, 9.17) is 16.3 Å². The number of anilines is 1. The quantitative estimate of drug-likeness (QED) is 0.770. The second kappa shape index (κ2) is 4.56. The highest BCUT2D eigenvalue weighted by atomic mass is 35.5. The van der Waals surface area contributed by atoms with Crippen LogP contribution in [0, 0.1) is 0 Å². The van der Waals surface area contributed by atoms with E-state index in [1.165, 1.54) is 6.92 Å². The monoisotopic (exact) mass is 265 g/mol. The molecule has 0 spiro atoms. The number of Topliss-reactive ketones (excluding diaryl/α,β-unsaturated/α-hetero) is 1. The lowest BCUT2D eigenvalue weighted by atomic mass is 10.1. The van der Waals surface area contributed by atoms with Gasteiger partial charge in [0.2, 0.25) is 0 Å². The van der Waals surface area contributed by atoms with Gasteiger partial charge in [0.15, 0.2) is 5.78 Å². The molecule has 0 aliphatic carbocycles. The zero-order valence-electron chi connectivity index (χ0n) is 10.4. The van der Waals surface area contributed by atoms with Gasteiger partial charge in [0, 0.05) is 24.3 Å². The Kier molecular flexibility index (Phi) is 3.04. The first-order chi connectivity index (χ1) is 8.63. The normalized spacial score (nSPS) is 26.4. The maximum Gasteiger partial charge on any atom is 0.161 e. The van der Waals surface area contributed by atoms with Crippen LogP contribution in [-0.2, 0) is 4.74 Å². The minimum atomic E-state index is 0.00796. The Morgan fingerprint density at radius 3 is 2.56 bits per heavy atom. The smallest absolute Gasteiger partial charge is 0.161 e. The first-order valence-electron chi connectivity index (χ1n) is 6.34. The fraction of sp³-hybridized carbons (Fsp3) is 0.500. The predicted molar refractivity (Wildman–Crippen MR) is 71.6 cm³/mol. The van der Waals surface area contributed by atoms with Gasteiger partial charge in [-0.1, -0.05) is 11.6 Å². The third-order valence-corrected chi connectivity index (χ3v) is 4.05. The molecule has 2 saturated heterocycles. The molecule has 2 heterocycles. The summed E-state index contributed by atoms with van der Waals surface area (Å²) in [6.45, 7) is 3.38. The van der Waals surface area contributed by atoms with Crippen molar-refractivity contribution in [2.75, 3.05) is 18.0 Å². The fourth-order valence-corrected chi connectivity index (χ4v) is 3.12. The summed E-state index contributed by atoms with van der Waals surface area (Å²) in [5.41, 5.74) is 1.68. The van der Waals surface area contributed by atoms with Crippen molar-refractivity contribution < 1.29 is 9.53 Å². The van der Waals surface area contributed by atoms with Crippen molar-refractivity contribution in [2.45, 2.75) is 32.0 Å². The lowest BCUT2D eigenvalue weighted by Gasteiger charge is -2.34. The number of ketones is 1. The number of rotatable bonds is 2. The number of hydrogen-bond acceptors (Lipinski definition) is 3. The molecule has 2 unspecified atom stereocenters. The van der Waals surface area contributed by atoms with E-state index in [0.29, 0.717) is 22.8 Å². The second-order valence-electron chi connectivity index (χ2n) is 5.08. The van der Waals surface area contributed by atoms with Gasteiger partial charge in [-0.2, -0.15) is 0 Å². The van der Waals surface area contributed by atoms with Gasteiger partial charge in [0.1, 0.15) is 0 Å². The van der Waals surface area contributed by atoms with Crippen LogP contribution in [0.4, 0.5) is 5.69 Å². The van der Waals surface area contributed by atoms with Gasteiger partial charge >= 0.3 is 0 Å². The molecule has 0 radical (unpaired) electrons. The van der Waals surface area contributed by atoms with Gasteiger partial charge in [-0.25, -0.2) is 0 Å². The summed E-state index contributed by atoms with van der Waals surface area (Å²) in [6.07, 6.45) is 3.02. The molecule has 2 aliphatic rings. The van der Waals surface area contributed by atoms with Gasteiger partial charge in [-0.05, 0) is 38.0 Å². The van der Waals surface area contributed by atoms with Crippen LogP contribution in [0.25, 0.3) is 0 Å². The van der Waals surface area contributed by atoms with Gasteiger partial charge in [0.25, 0.3) is 0 Å². The zero-order valence-corrected chi connectivity index (χ0v) is 11.1. The molecule has 3 rings (SSSR count). The molecule has 2 aliphatic heterocycles. The maximum atomic E-state index is 11.3. The third-order valence-electron chi connectivity index (χ3n) is 3.74. The van der Waals surface area contributed by atoms with E-state index in [0.717, 1.165) is 31.6 Å². The van der Waals surface area contributed by atoms with Crippen molar-refractivity contribution in [3.63, 3.8) is 0 Å².